The second kappa shape index (κ2) is 4.69. The molecule has 0 unspecified atom stereocenters. The van der Waals surface area contributed by atoms with Crippen LogP contribution in [0.5, 0.6) is 0 Å². The highest BCUT2D eigenvalue weighted by Gasteiger charge is 2.18. The number of benzene rings is 2. The fraction of sp³-hybridized carbons (Fsp3) is 0.125. The number of fused-ring (bicyclic) bond motifs is 1. The van der Waals surface area contributed by atoms with Gasteiger partial charge >= 0.3 is 0 Å². The molecule has 19 heavy (non-hydrogen) atoms. The summed E-state index contributed by atoms with van der Waals surface area (Å²) in [5.74, 6) is -0.0681. The van der Waals surface area contributed by atoms with Gasteiger partial charge in [-0.3, -0.25) is 9.79 Å². The van der Waals surface area contributed by atoms with E-state index < -0.39 is 0 Å². The van der Waals surface area contributed by atoms with E-state index in [9.17, 15) is 4.79 Å². The molecule has 0 atom stereocenters. The Bertz CT molecular complexity index is 660. The zero-order chi connectivity index (χ0) is 13.2. The molecule has 0 bridgehead atoms. The van der Waals surface area contributed by atoms with Gasteiger partial charge in [-0.05, 0) is 12.5 Å². The van der Waals surface area contributed by atoms with E-state index in [4.69, 9.17) is 0 Å². The highest BCUT2D eigenvalue weighted by molar-refractivity contribution is 6.19. The van der Waals surface area contributed by atoms with E-state index >= 15 is 0 Å². The zero-order valence-electron chi connectivity index (χ0n) is 10.7. The Morgan fingerprint density at radius 3 is 2.63 bits per heavy atom. The van der Waals surface area contributed by atoms with E-state index in [1.54, 1.807) is 0 Å². The molecule has 1 heterocycles. The maximum absolute atomic E-state index is 11.8. The topological polar surface area (TPSA) is 41.5 Å². The van der Waals surface area contributed by atoms with Crippen LogP contribution in [0.25, 0.3) is 0 Å². The molecule has 94 valence electrons. The highest BCUT2D eigenvalue weighted by atomic mass is 16.1. The normalized spacial score (nSPS) is 14.2. The summed E-state index contributed by atoms with van der Waals surface area (Å²) >= 11 is 0. The smallest absolute Gasteiger partial charge is 0.246 e. The van der Waals surface area contributed by atoms with Gasteiger partial charge in [0.25, 0.3) is 0 Å². The van der Waals surface area contributed by atoms with Gasteiger partial charge in [0.2, 0.25) is 5.91 Å². The molecule has 0 saturated heterocycles. The van der Waals surface area contributed by atoms with Crippen molar-refractivity contribution in [1.29, 1.82) is 0 Å². The first-order valence-electron chi connectivity index (χ1n) is 6.25. The molecule has 1 aliphatic heterocycles. The van der Waals surface area contributed by atoms with Crippen LogP contribution in [-0.4, -0.2) is 18.2 Å². The molecule has 0 radical (unpaired) electrons. The number of carbonyl (C=O) groups is 1. The Kier molecular flexibility index (Phi) is 2.88. The molecule has 2 aromatic rings. The minimum Gasteiger partial charge on any atom is -0.324 e. The molecule has 3 rings (SSSR count). The molecule has 1 aliphatic rings. The van der Waals surface area contributed by atoms with Crippen LogP contribution in [0, 0.1) is 6.92 Å². The van der Waals surface area contributed by atoms with E-state index in [0.717, 1.165) is 28.1 Å². The van der Waals surface area contributed by atoms with E-state index in [0.29, 0.717) is 0 Å². The number of anilines is 1. The van der Waals surface area contributed by atoms with Crippen molar-refractivity contribution in [2.45, 2.75) is 6.92 Å². The lowest BCUT2D eigenvalue weighted by atomic mass is 9.98. The summed E-state index contributed by atoms with van der Waals surface area (Å²) < 4.78 is 0. The summed E-state index contributed by atoms with van der Waals surface area (Å²) in [7, 11) is 0. The number of benzodiazepines with no additional fused rings is 1. The van der Waals surface area contributed by atoms with Crippen LogP contribution >= 0.6 is 0 Å². The van der Waals surface area contributed by atoms with Gasteiger partial charge in [0.1, 0.15) is 6.54 Å². The number of hydrogen-bond acceptors (Lipinski definition) is 2. The number of aryl methyl sites for hydroxylation is 1. The van der Waals surface area contributed by atoms with E-state index in [1.165, 1.54) is 0 Å². The third-order valence-corrected chi connectivity index (χ3v) is 3.22. The first-order chi connectivity index (χ1) is 9.25. The maximum atomic E-state index is 11.8. The molecule has 0 aliphatic carbocycles. The first-order valence-corrected chi connectivity index (χ1v) is 6.25. The number of aliphatic imine (C=N–C) groups is 1. The van der Waals surface area contributed by atoms with Crippen molar-refractivity contribution in [3.8, 4) is 0 Å². The summed E-state index contributed by atoms with van der Waals surface area (Å²) in [5.41, 5.74) is 4.81. The predicted octanol–water partition coefficient (Wildman–Crippen LogP) is 2.78. The number of nitrogens with one attached hydrogen (secondary N) is 1. The molecule has 3 heteroatoms. The van der Waals surface area contributed by atoms with Crippen molar-refractivity contribution in [3.05, 3.63) is 65.2 Å². The van der Waals surface area contributed by atoms with Crippen molar-refractivity contribution >= 4 is 17.3 Å². The predicted molar refractivity (Wildman–Crippen MR) is 76.8 cm³/mol. The number of hydrogen-bond donors (Lipinski definition) is 1. The van der Waals surface area contributed by atoms with Crippen molar-refractivity contribution < 1.29 is 4.79 Å². The zero-order valence-corrected chi connectivity index (χ0v) is 10.7. The Hall–Kier alpha value is -2.42. The minimum absolute atomic E-state index is 0.0681. The van der Waals surface area contributed by atoms with E-state index in [2.05, 4.69) is 10.3 Å². The van der Waals surface area contributed by atoms with Gasteiger partial charge in [-0.2, -0.15) is 0 Å². The number of para-hydroxylation sites is 1. The average molecular weight is 250 g/mol. The molecular weight excluding hydrogens is 236 g/mol. The minimum atomic E-state index is -0.0681. The Labute approximate surface area is 112 Å². The van der Waals surface area contributed by atoms with Crippen LogP contribution in [0.1, 0.15) is 16.7 Å². The van der Waals surface area contributed by atoms with Crippen molar-refractivity contribution in [1.82, 2.24) is 0 Å². The van der Waals surface area contributed by atoms with Crippen molar-refractivity contribution in [3.63, 3.8) is 0 Å². The molecule has 2 aromatic carbocycles. The number of amides is 1. The molecular formula is C16H14N2O. The lowest BCUT2D eigenvalue weighted by molar-refractivity contribution is -0.114. The fourth-order valence-corrected chi connectivity index (χ4v) is 2.29. The summed E-state index contributed by atoms with van der Waals surface area (Å²) in [6, 6.07) is 15.9. The van der Waals surface area contributed by atoms with Crippen LogP contribution in [0.15, 0.2) is 53.5 Å². The van der Waals surface area contributed by atoms with Crippen molar-refractivity contribution in [2.24, 2.45) is 4.99 Å². The van der Waals surface area contributed by atoms with Gasteiger partial charge in [-0.25, -0.2) is 0 Å². The van der Waals surface area contributed by atoms with E-state index in [1.807, 2.05) is 55.5 Å². The molecule has 1 N–H and O–H groups in total. The third kappa shape index (κ3) is 2.15. The van der Waals surface area contributed by atoms with Crippen LogP contribution in [0.3, 0.4) is 0 Å². The quantitative estimate of drug-likeness (QED) is 0.830. The molecule has 3 nitrogen and oxygen atoms in total. The lowest BCUT2D eigenvalue weighted by Gasteiger charge is -2.12. The largest absolute Gasteiger partial charge is 0.324 e. The van der Waals surface area contributed by atoms with Crippen LogP contribution in [0.4, 0.5) is 5.69 Å². The maximum Gasteiger partial charge on any atom is 0.246 e. The van der Waals surface area contributed by atoms with Crippen LogP contribution in [0.2, 0.25) is 0 Å². The molecule has 0 aromatic heterocycles. The molecule has 1 amide bonds. The van der Waals surface area contributed by atoms with Crippen LogP contribution in [-0.2, 0) is 4.79 Å². The highest BCUT2D eigenvalue weighted by Crippen LogP contribution is 2.25. The second-order valence-corrected chi connectivity index (χ2v) is 4.58. The molecule has 0 saturated carbocycles. The van der Waals surface area contributed by atoms with Gasteiger partial charge in [-0.15, -0.1) is 0 Å². The Balaban J connectivity index is 2.21. The fourth-order valence-electron chi connectivity index (χ4n) is 2.29. The van der Waals surface area contributed by atoms with Crippen LogP contribution < -0.4 is 5.32 Å². The van der Waals surface area contributed by atoms with Gasteiger partial charge in [0, 0.05) is 11.1 Å². The van der Waals surface area contributed by atoms with Gasteiger partial charge in [-0.1, -0.05) is 48.5 Å². The lowest BCUT2D eigenvalue weighted by Crippen LogP contribution is -2.14. The number of nitrogens with zero attached hydrogens (tertiary/aromatic N) is 1. The van der Waals surface area contributed by atoms with E-state index in [-0.39, 0.29) is 12.5 Å². The standard InChI is InChI=1S/C16H14N2O/c1-11-6-5-9-13-15(11)18-14(19)10-17-16(13)12-7-3-2-4-8-12/h2-9H,10H2,1H3,(H,18,19). The molecule has 0 fully saturated rings. The Morgan fingerprint density at radius 1 is 1.05 bits per heavy atom. The average Bonchev–Trinajstić information content (AvgIpc) is 2.60. The SMILES string of the molecule is Cc1cccc2c1NC(=O)CN=C2c1ccccc1. The first kappa shape index (κ1) is 11.7. The second-order valence-electron chi connectivity index (χ2n) is 4.58. The number of rotatable bonds is 1. The monoisotopic (exact) mass is 250 g/mol. The van der Waals surface area contributed by atoms with Gasteiger partial charge < -0.3 is 5.32 Å². The molecule has 0 spiro atoms. The third-order valence-electron chi connectivity index (χ3n) is 3.22. The summed E-state index contributed by atoms with van der Waals surface area (Å²) in [4.78, 5) is 16.2. The van der Waals surface area contributed by atoms with Crippen molar-refractivity contribution in [2.75, 3.05) is 11.9 Å². The summed E-state index contributed by atoms with van der Waals surface area (Å²) in [6.45, 7) is 2.16. The Morgan fingerprint density at radius 2 is 1.84 bits per heavy atom. The summed E-state index contributed by atoms with van der Waals surface area (Å²) in [5, 5.41) is 2.94. The van der Waals surface area contributed by atoms with Gasteiger partial charge in [0.15, 0.2) is 0 Å². The number of carbonyl (C=O) groups excluding carboxylic acids is 1. The summed E-state index contributed by atoms with van der Waals surface area (Å²) in [6.07, 6.45) is 0. The van der Waals surface area contributed by atoms with Gasteiger partial charge in [0.05, 0.1) is 11.4 Å².